The van der Waals surface area contributed by atoms with Gasteiger partial charge in [0.15, 0.2) is 0 Å². The van der Waals surface area contributed by atoms with Gasteiger partial charge in [-0.25, -0.2) is 4.39 Å². The Labute approximate surface area is 179 Å². The van der Waals surface area contributed by atoms with Gasteiger partial charge < -0.3 is 19.7 Å². The Morgan fingerprint density at radius 1 is 1.23 bits per heavy atom. The van der Waals surface area contributed by atoms with Crippen LogP contribution >= 0.6 is 0 Å². The third-order valence-corrected chi connectivity index (χ3v) is 6.13. The van der Waals surface area contributed by atoms with Gasteiger partial charge in [0.25, 0.3) is 5.91 Å². The van der Waals surface area contributed by atoms with E-state index in [1.165, 1.54) is 6.07 Å². The Hall–Kier alpha value is -2.34. The number of hydrogen-bond donors (Lipinski definition) is 2. The lowest BCUT2D eigenvalue weighted by atomic mass is 10.1. The van der Waals surface area contributed by atoms with Crippen LogP contribution in [0, 0.1) is 25.6 Å². The van der Waals surface area contributed by atoms with Crippen molar-refractivity contribution in [2.45, 2.75) is 41.2 Å². The van der Waals surface area contributed by atoms with Crippen LogP contribution in [-0.4, -0.2) is 49.7 Å². The number of benzene rings is 1. The molecule has 1 amide bonds. The molecule has 0 unspecified atom stereocenters. The minimum atomic E-state index is -0.251. The van der Waals surface area contributed by atoms with Crippen molar-refractivity contribution in [1.82, 2.24) is 9.88 Å². The maximum Gasteiger partial charge on any atom is 0.268 e. The molecular weight excluding hydrogens is 379 g/mol. The monoisotopic (exact) mass is 415 g/mol. The van der Waals surface area contributed by atoms with Crippen molar-refractivity contribution < 1.29 is 14.1 Å². The number of amides is 1. The predicted molar refractivity (Wildman–Crippen MR) is 120 cm³/mol. The van der Waals surface area contributed by atoms with Crippen molar-refractivity contribution in [1.29, 1.82) is 0 Å². The summed E-state index contributed by atoms with van der Waals surface area (Å²) in [6, 6.07) is 6.64. The topological polar surface area (TPSA) is 41.7 Å². The molecule has 0 atom stereocenters. The summed E-state index contributed by atoms with van der Waals surface area (Å²) in [6.07, 6.45) is 0. The molecule has 1 aromatic carbocycles. The van der Waals surface area contributed by atoms with Gasteiger partial charge in [-0.3, -0.25) is 4.79 Å². The van der Waals surface area contributed by atoms with E-state index in [0.717, 1.165) is 55.2 Å². The third kappa shape index (κ3) is 4.86. The van der Waals surface area contributed by atoms with E-state index in [-0.39, 0.29) is 11.7 Å². The Kier molecular flexibility index (Phi) is 7.19. The molecule has 2 aromatic rings. The Bertz CT molecular complexity index is 882. The summed E-state index contributed by atoms with van der Waals surface area (Å²) in [5, 5.41) is 3.08. The zero-order valence-corrected chi connectivity index (χ0v) is 19.0. The van der Waals surface area contributed by atoms with E-state index in [1.807, 2.05) is 13.0 Å². The molecule has 164 valence electrons. The lowest BCUT2D eigenvalue weighted by molar-refractivity contribution is -0.898. The maximum atomic E-state index is 13.8. The van der Waals surface area contributed by atoms with Crippen LogP contribution in [0.15, 0.2) is 24.3 Å². The molecule has 3 rings (SSSR count). The number of nitrogens with one attached hydrogen (secondary N) is 2. The summed E-state index contributed by atoms with van der Waals surface area (Å²) in [5.74, 6) is 0.0788. The summed E-state index contributed by atoms with van der Waals surface area (Å²) in [5.41, 5.74) is 4.81. The lowest BCUT2D eigenvalue weighted by Gasteiger charge is -2.33. The minimum Gasteiger partial charge on any atom is -0.359 e. The second kappa shape index (κ2) is 9.65. The lowest BCUT2D eigenvalue weighted by Crippen LogP contribution is -3.14. The molecule has 30 heavy (non-hydrogen) atoms. The fraction of sp³-hybridized carbons (Fsp3) is 0.542. The number of likely N-dealkylation sites (N-methyl/N-ethyl adjacent to an activating group) is 1. The summed E-state index contributed by atoms with van der Waals surface area (Å²) < 4.78 is 15.8. The molecule has 6 heteroatoms. The van der Waals surface area contributed by atoms with Gasteiger partial charge in [-0.15, -0.1) is 0 Å². The molecule has 0 bridgehead atoms. The van der Waals surface area contributed by atoms with E-state index < -0.39 is 0 Å². The molecule has 2 N–H and O–H groups in total. The normalized spacial score (nSPS) is 15.1. The molecule has 1 fully saturated rings. The smallest absolute Gasteiger partial charge is 0.268 e. The summed E-state index contributed by atoms with van der Waals surface area (Å²) >= 11 is 0. The standard InChI is InChI=1S/C24H35FN4O/c1-6-27-10-12-28(13-11-27)22-18(4)23(24(30)26-15-17(2)3)29(19(22)5)16-20-8-7-9-21(25)14-20/h7-9,14,17H,6,10-13,15-16H2,1-5H3,(H,26,30)/p+1. The van der Waals surface area contributed by atoms with E-state index in [2.05, 4.69) is 42.5 Å². The van der Waals surface area contributed by atoms with Crippen molar-refractivity contribution >= 4 is 11.6 Å². The van der Waals surface area contributed by atoms with Gasteiger partial charge in [-0.1, -0.05) is 26.0 Å². The molecule has 1 aliphatic rings. The zero-order valence-electron chi connectivity index (χ0n) is 19.0. The number of hydrogen-bond acceptors (Lipinski definition) is 2. The molecule has 0 spiro atoms. The fourth-order valence-corrected chi connectivity index (χ4v) is 4.44. The number of carbonyl (C=O) groups is 1. The van der Waals surface area contributed by atoms with E-state index in [9.17, 15) is 9.18 Å². The highest BCUT2D eigenvalue weighted by Crippen LogP contribution is 2.32. The molecule has 2 heterocycles. The summed E-state index contributed by atoms with van der Waals surface area (Å²) in [7, 11) is 0. The third-order valence-electron chi connectivity index (χ3n) is 6.13. The van der Waals surface area contributed by atoms with Gasteiger partial charge >= 0.3 is 0 Å². The van der Waals surface area contributed by atoms with E-state index in [0.29, 0.717) is 24.7 Å². The molecule has 0 saturated carbocycles. The minimum absolute atomic E-state index is 0.0511. The van der Waals surface area contributed by atoms with Gasteiger partial charge in [-0.2, -0.15) is 0 Å². The largest absolute Gasteiger partial charge is 0.359 e. The van der Waals surface area contributed by atoms with Gasteiger partial charge in [0, 0.05) is 24.3 Å². The number of anilines is 1. The average Bonchev–Trinajstić information content (AvgIpc) is 2.96. The first-order valence-electron chi connectivity index (χ1n) is 11.1. The number of rotatable bonds is 7. The van der Waals surface area contributed by atoms with Crippen molar-refractivity contribution in [3.05, 3.63) is 52.6 Å². The summed E-state index contributed by atoms with van der Waals surface area (Å²) in [6.45, 7) is 17.0. The van der Waals surface area contributed by atoms with E-state index in [1.54, 1.807) is 17.0 Å². The molecular formula is C24H36FN4O+. The van der Waals surface area contributed by atoms with Gasteiger partial charge in [0.2, 0.25) is 0 Å². The van der Waals surface area contributed by atoms with Crippen LogP contribution in [-0.2, 0) is 6.54 Å². The van der Waals surface area contributed by atoms with Crippen LogP contribution in [0.1, 0.15) is 48.1 Å². The molecule has 1 aliphatic heterocycles. The van der Waals surface area contributed by atoms with Crippen LogP contribution in [0.25, 0.3) is 0 Å². The maximum absolute atomic E-state index is 13.8. The van der Waals surface area contributed by atoms with Gasteiger partial charge in [-0.05, 0) is 44.4 Å². The highest BCUT2D eigenvalue weighted by atomic mass is 19.1. The number of carbonyl (C=O) groups excluding carboxylic acids is 1. The SMILES string of the molecule is CC[NH+]1CCN(c2c(C)c(C(=O)NCC(C)C)n(Cc3cccc(F)c3)c2C)CC1. The highest BCUT2D eigenvalue weighted by Gasteiger charge is 2.28. The van der Waals surface area contributed by atoms with Crippen LogP contribution in [0.2, 0.25) is 0 Å². The number of nitrogens with zero attached hydrogens (tertiary/aromatic N) is 2. The van der Waals surface area contributed by atoms with Crippen LogP contribution in [0.3, 0.4) is 0 Å². The fourth-order valence-electron chi connectivity index (χ4n) is 4.44. The average molecular weight is 416 g/mol. The second-order valence-corrected chi connectivity index (χ2v) is 8.82. The van der Waals surface area contributed by atoms with Crippen LogP contribution in [0.4, 0.5) is 10.1 Å². The molecule has 5 nitrogen and oxygen atoms in total. The second-order valence-electron chi connectivity index (χ2n) is 8.82. The number of halogens is 1. The molecule has 1 aromatic heterocycles. The molecule has 0 radical (unpaired) electrons. The van der Waals surface area contributed by atoms with Crippen molar-refractivity contribution in [3.8, 4) is 0 Å². The first kappa shape index (κ1) is 22.3. The van der Waals surface area contributed by atoms with E-state index in [4.69, 9.17) is 0 Å². The number of piperazine rings is 1. The van der Waals surface area contributed by atoms with Gasteiger partial charge in [0.1, 0.15) is 11.5 Å². The van der Waals surface area contributed by atoms with E-state index >= 15 is 0 Å². The van der Waals surface area contributed by atoms with Crippen molar-refractivity contribution in [2.75, 3.05) is 44.2 Å². The Balaban J connectivity index is 1.98. The van der Waals surface area contributed by atoms with Crippen LogP contribution in [0.5, 0.6) is 0 Å². The zero-order chi connectivity index (χ0) is 21.8. The van der Waals surface area contributed by atoms with Crippen molar-refractivity contribution in [2.24, 2.45) is 5.92 Å². The first-order chi connectivity index (χ1) is 14.3. The molecule has 1 saturated heterocycles. The highest BCUT2D eigenvalue weighted by molar-refractivity contribution is 5.96. The van der Waals surface area contributed by atoms with Gasteiger partial charge in [0.05, 0.1) is 38.4 Å². The Morgan fingerprint density at radius 2 is 1.93 bits per heavy atom. The Morgan fingerprint density at radius 3 is 2.53 bits per heavy atom. The first-order valence-corrected chi connectivity index (χ1v) is 11.1. The van der Waals surface area contributed by atoms with Crippen molar-refractivity contribution in [3.63, 3.8) is 0 Å². The molecule has 0 aliphatic carbocycles. The predicted octanol–water partition coefficient (Wildman–Crippen LogP) is 2.40. The van der Waals surface area contributed by atoms with Crippen LogP contribution < -0.4 is 15.1 Å². The quantitative estimate of drug-likeness (QED) is 0.729. The number of aromatic nitrogens is 1. The number of quaternary nitrogens is 1. The summed E-state index contributed by atoms with van der Waals surface area (Å²) in [4.78, 5) is 17.2.